The molecule has 2 saturated carbocycles. The summed E-state index contributed by atoms with van der Waals surface area (Å²) in [6.07, 6.45) is 10.5. The Morgan fingerprint density at radius 3 is 1.91 bits per heavy atom. The molecule has 0 aliphatic heterocycles. The van der Waals surface area contributed by atoms with E-state index in [1.54, 1.807) is 0 Å². The summed E-state index contributed by atoms with van der Waals surface area (Å²) >= 11 is 0. The molecule has 0 heterocycles. The summed E-state index contributed by atoms with van der Waals surface area (Å²) in [6.45, 7) is 2.26. The minimum atomic E-state index is -4.33. The van der Waals surface area contributed by atoms with Crippen LogP contribution in [0.3, 0.4) is 0 Å². The highest BCUT2D eigenvalue weighted by Gasteiger charge is 2.31. The van der Waals surface area contributed by atoms with Crippen molar-refractivity contribution in [2.24, 2.45) is 23.7 Å². The molecule has 2 fully saturated rings. The maximum atomic E-state index is 12.2. The standard InChI is InChI=1S/C20H31F3/c1-2-3-4-5-16-6-10-18(11-7-16)19-12-8-17(9-13-19)14-15-20(21,22)23/h16-19H,2-13H2,1H3. The smallest absolute Gasteiger partial charge is 0.159 e. The van der Waals surface area contributed by atoms with Gasteiger partial charge in [-0.1, -0.05) is 51.4 Å². The molecule has 0 N–H and O–H groups in total. The van der Waals surface area contributed by atoms with E-state index < -0.39 is 6.18 Å². The molecule has 0 nitrogen and oxygen atoms in total. The first-order valence-electron chi connectivity index (χ1n) is 9.57. The lowest BCUT2D eigenvalue weighted by Gasteiger charge is -2.37. The molecule has 132 valence electrons. The van der Waals surface area contributed by atoms with Crippen molar-refractivity contribution in [3.8, 4) is 11.8 Å². The molecular weight excluding hydrogens is 297 g/mol. The van der Waals surface area contributed by atoms with E-state index in [2.05, 4.69) is 12.8 Å². The number of halogens is 3. The summed E-state index contributed by atoms with van der Waals surface area (Å²) in [5.41, 5.74) is 0. The van der Waals surface area contributed by atoms with Gasteiger partial charge in [-0.3, -0.25) is 0 Å². The zero-order valence-electron chi connectivity index (χ0n) is 14.4. The lowest BCUT2D eigenvalue weighted by atomic mass is 9.69. The van der Waals surface area contributed by atoms with Crippen molar-refractivity contribution >= 4 is 0 Å². The third kappa shape index (κ3) is 6.77. The highest BCUT2D eigenvalue weighted by Crippen LogP contribution is 2.42. The van der Waals surface area contributed by atoms with Crippen molar-refractivity contribution in [2.75, 3.05) is 0 Å². The average Bonchev–Trinajstić information content (AvgIpc) is 2.54. The van der Waals surface area contributed by atoms with Crippen molar-refractivity contribution in [2.45, 2.75) is 90.1 Å². The third-order valence-corrected chi connectivity index (χ3v) is 5.96. The van der Waals surface area contributed by atoms with Gasteiger partial charge in [0.05, 0.1) is 0 Å². The molecule has 0 spiro atoms. The maximum absolute atomic E-state index is 12.2. The van der Waals surface area contributed by atoms with Crippen LogP contribution in [-0.4, -0.2) is 6.18 Å². The van der Waals surface area contributed by atoms with E-state index in [1.165, 1.54) is 57.3 Å². The number of hydrogen-bond acceptors (Lipinski definition) is 0. The molecule has 0 aromatic heterocycles. The van der Waals surface area contributed by atoms with Gasteiger partial charge in [0.25, 0.3) is 0 Å². The Hall–Kier alpha value is -0.650. The molecular formula is C20H31F3. The van der Waals surface area contributed by atoms with Crippen LogP contribution in [0.25, 0.3) is 0 Å². The fourth-order valence-corrected chi connectivity index (χ4v) is 4.55. The fourth-order valence-electron chi connectivity index (χ4n) is 4.55. The molecule has 0 saturated heterocycles. The van der Waals surface area contributed by atoms with Crippen LogP contribution in [-0.2, 0) is 0 Å². The lowest BCUT2D eigenvalue weighted by molar-refractivity contribution is -0.0698. The second-order valence-corrected chi connectivity index (χ2v) is 7.66. The van der Waals surface area contributed by atoms with Gasteiger partial charge in [-0.25, -0.2) is 0 Å². The fraction of sp³-hybridized carbons (Fsp3) is 0.900. The first kappa shape index (κ1) is 18.7. The SMILES string of the molecule is CCCCCC1CCC(C2CCC(C#CC(F)(F)F)CC2)CC1. The summed E-state index contributed by atoms with van der Waals surface area (Å²) in [5.74, 6) is 6.39. The summed E-state index contributed by atoms with van der Waals surface area (Å²) in [6, 6.07) is 0. The Morgan fingerprint density at radius 2 is 1.39 bits per heavy atom. The monoisotopic (exact) mass is 328 g/mol. The van der Waals surface area contributed by atoms with Gasteiger partial charge in [0.15, 0.2) is 0 Å². The maximum Gasteiger partial charge on any atom is 0.457 e. The Labute approximate surface area is 139 Å². The van der Waals surface area contributed by atoms with Crippen molar-refractivity contribution in [1.29, 1.82) is 0 Å². The van der Waals surface area contributed by atoms with Crippen LogP contribution in [0.1, 0.15) is 84.0 Å². The highest BCUT2D eigenvalue weighted by molar-refractivity contribution is 5.09. The van der Waals surface area contributed by atoms with Crippen molar-refractivity contribution < 1.29 is 13.2 Å². The van der Waals surface area contributed by atoms with E-state index in [9.17, 15) is 13.2 Å². The molecule has 0 atom stereocenters. The predicted molar refractivity (Wildman–Crippen MR) is 88.9 cm³/mol. The number of hydrogen-bond donors (Lipinski definition) is 0. The Morgan fingerprint density at radius 1 is 0.826 bits per heavy atom. The molecule has 0 unspecified atom stereocenters. The van der Waals surface area contributed by atoms with Crippen LogP contribution in [0.4, 0.5) is 13.2 Å². The topological polar surface area (TPSA) is 0 Å². The summed E-state index contributed by atoms with van der Waals surface area (Å²) < 4.78 is 36.5. The van der Waals surface area contributed by atoms with E-state index in [0.717, 1.165) is 43.4 Å². The molecule has 3 heteroatoms. The second-order valence-electron chi connectivity index (χ2n) is 7.66. The van der Waals surface area contributed by atoms with Gasteiger partial charge in [-0.2, -0.15) is 13.2 Å². The van der Waals surface area contributed by atoms with Crippen LogP contribution < -0.4 is 0 Å². The normalized spacial score (nSPS) is 32.2. The van der Waals surface area contributed by atoms with Gasteiger partial charge in [0.1, 0.15) is 0 Å². The van der Waals surface area contributed by atoms with Gasteiger partial charge < -0.3 is 0 Å². The molecule has 2 aliphatic rings. The van der Waals surface area contributed by atoms with Gasteiger partial charge in [-0.15, -0.1) is 0 Å². The second kappa shape index (κ2) is 9.00. The van der Waals surface area contributed by atoms with E-state index in [4.69, 9.17) is 0 Å². The van der Waals surface area contributed by atoms with Gasteiger partial charge >= 0.3 is 6.18 Å². The van der Waals surface area contributed by atoms with Gasteiger partial charge in [-0.05, 0) is 56.3 Å². The molecule has 2 aliphatic carbocycles. The summed E-state index contributed by atoms with van der Waals surface area (Å²) in [5, 5.41) is 0. The van der Waals surface area contributed by atoms with Crippen LogP contribution in [0, 0.1) is 35.5 Å². The minimum absolute atomic E-state index is 0.0294. The molecule has 2 rings (SSSR count). The molecule has 0 radical (unpaired) electrons. The molecule has 0 aromatic carbocycles. The minimum Gasteiger partial charge on any atom is -0.159 e. The Bertz CT molecular complexity index is 385. The van der Waals surface area contributed by atoms with Crippen LogP contribution in [0.5, 0.6) is 0 Å². The zero-order chi connectivity index (χ0) is 16.7. The van der Waals surface area contributed by atoms with Crippen molar-refractivity contribution in [1.82, 2.24) is 0 Å². The molecule has 0 aromatic rings. The first-order valence-corrected chi connectivity index (χ1v) is 9.57. The quantitative estimate of drug-likeness (QED) is 0.387. The van der Waals surface area contributed by atoms with E-state index in [0.29, 0.717) is 0 Å². The first-order chi connectivity index (χ1) is 11.0. The van der Waals surface area contributed by atoms with Crippen LogP contribution in [0.15, 0.2) is 0 Å². The van der Waals surface area contributed by atoms with Crippen LogP contribution in [0.2, 0.25) is 0 Å². The van der Waals surface area contributed by atoms with Crippen molar-refractivity contribution in [3.63, 3.8) is 0 Å². The molecule has 0 amide bonds. The Kier molecular flexibility index (Phi) is 7.31. The van der Waals surface area contributed by atoms with Crippen molar-refractivity contribution in [3.05, 3.63) is 0 Å². The molecule has 0 bridgehead atoms. The molecule has 23 heavy (non-hydrogen) atoms. The van der Waals surface area contributed by atoms with E-state index in [1.807, 2.05) is 0 Å². The largest absolute Gasteiger partial charge is 0.457 e. The summed E-state index contributed by atoms with van der Waals surface area (Å²) in [4.78, 5) is 0. The lowest BCUT2D eigenvalue weighted by Crippen LogP contribution is -2.25. The predicted octanol–water partition coefficient (Wildman–Crippen LogP) is 6.75. The number of alkyl halides is 3. The van der Waals surface area contributed by atoms with Gasteiger partial charge in [0.2, 0.25) is 0 Å². The highest BCUT2D eigenvalue weighted by atomic mass is 19.4. The van der Waals surface area contributed by atoms with E-state index >= 15 is 0 Å². The average molecular weight is 328 g/mol. The zero-order valence-corrected chi connectivity index (χ0v) is 14.4. The third-order valence-electron chi connectivity index (χ3n) is 5.96. The van der Waals surface area contributed by atoms with E-state index in [-0.39, 0.29) is 5.92 Å². The Balaban J connectivity index is 1.67. The van der Waals surface area contributed by atoms with Gasteiger partial charge in [0, 0.05) is 11.8 Å². The number of unbranched alkanes of at least 4 members (excludes halogenated alkanes) is 2. The summed E-state index contributed by atoms with van der Waals surface area (Å²) in [7, 11) is 0. The number of rotatable bonds is 5. The van der Waals surface area contributed by atoms with Crippen LogP contribution >= 0.6 is 0 Å².